The average Bonchev–Trinajstić information content (AvgIpc) is 2.81. The van der Waals surface area contributed by atoms with Crippen molar-refractivity contribution in [2.45, 2.75) is 56.8 Å². The first-order chi connectivity index (χ1) is 8.38. The molecule has 0 aliphatic heterocycles. The third-order valence-corrected chi connectivity index (χ3v) is 4.48. The second-order valence-electron chi connectivity index (χ2n) is 5.51. The Morgan fingerprint density at radius 3 is 2.65 bits per heavy atom. The molecule has 0 amide bonds. The van der Waals surface area contributed by atoms with E-state index in [-0.39, 0.29) is 5.92 Å². The van der Waals surface area contributed by atoms with Crippen molar-refractivity contribution in [3.8, 4) is 6.07 Å². The summed E-state index contributed by atoms with van der Waals surface area (Å²) in [7, 11) is 0. The van der Waals surface area contributed by atoms with Crippen molar-refractivity contribution in [1.82, 2.24) is 0 Å². The van der Waals surface area contributed by atoms with E-state index in [0.717, 1.165) is 18.8 Å². The highest BCUT2D eigenvalue weighted by Gasteiger charge is 2.24. The van der Waals surface area contributed by atoms with Crippen molar-refractivity contribution in [3.05, 3.63) is 34.9 Å². The van der Waals surface area contributed by atoms with Gasteiger partial charge in [0, 0.05) is 0 Å². The zero-order valence-electron chi connectivity index (χ0n) is 10.3. The van der Waals surface area contributed by atoms with Crippen LogP contribution in [0.1, 0.15) is 67.1 Å². The molecular weight excluding hydrogens is 206 g/mol. The van der Waals surface area contributed by atoms with Crippen LogP contribution in [0.15, 0.2) is 18.2 Å². The highest BCUT2D eigenvalue weighted by Crippen LogP contribution is 2.38. The molecule has 0 saturated heterocycles. The van der Waals surface area contributed by atoms with Crippen molar-refractivity contribution in [2.75, 3.05) is 0 Å². The predicted molar refractivity (Wildman–Crippen MR) is 68.9 cm³/mol. The highest BCUT2D eigenvalue weighted by atomic mass is 14.3. The van der Waals surface area contributed by atoms with Gasteiger partial charge in [0.25, 0.3) is 0 Å². The summed E-state index contributed by atoms with van der Waals surface area (Å²) in [5.41, 5.74) is 4.23. The highest BCUT2D eigenvalue weighted by molar-refractivity contribution is 5.42. The van der Waals surface area contributed by atoms with Gasteiger partial charge in [-0.15, -0.1) is 0 Å². The van der Waals surface area contributed by atoms with Crippen LogP contribution in [0, 0.1) is 11.3 Å². The van der Waals surface area contributed by atoms with Gasteiger partial charge in [-0.2, -0.15) is 5.26 Å². The predicted octanol–water partition coefficient (Wildman–Crippen LogP) is 4.29. The maximum absolute atomic E-state index is 9.16. The van der Waals surface area contributed by atoms with Crippen LogP contribution in [0.25, 0.3) is 0 Å². The summed E-state index contributed by atoms with van der Waals surface area (Å²) in [4.78, 5) is 0. The summed E-state index contributed by atoms with van der Waals surface area (Å²) >= 11 is 0. The van der Waals surface area contributed by atoms with E-state index in [1.807, 2.05) is 0 Å². The average molecular weight is 225 g/mol. The van der Waals surface area contributed by atoms with Gasteiger partial charge in [-0.1, -0.05) is 37.5 Å². The summed E-state index contributed by atoms with van der Waals surface area (Å²) in [6.45, 7) is 0. The van der Waals surface area contributed by atoms with Crippen LogP contribution in [0.2, 0.25) is 0 Å². The van der Waals surface area contributed by atoms with E-state index in [1.54, 1.807) is 0 Å². The van der Waals surface area contributed by atoms with Crippen LogP contribution in [0.4, 0.5) is 0 Å². The zero-order valence-corrected chi connectivity index (χ0v) is 10.3. The van der Waals surface area contributed by atoms with Crippen molar-refractivity contribution in [3.63, 3.8) is 0 Å². The minimum Gasteiger partial charge on any atom is -0.198 e. The van der Waals surface area contributed by atoms with Crippen LogP contribution in [0.3, 0.4) is 0 Å². The molecule has 2 aliphatic rings. The third-order valence-electron chi connectivity index (χ3n) is 4.48. The Kier molecular flexibility index (Phi) is 2.89. The standard InChI is InChI=1S/C16H19N/c17-11-15-9-7-13-6-8-14(10-16(13)15)12-4-2-1-3-5-12/h6,8,10,12,15H,1-5,7,9H2/t15-/m0/s1. The minimum absolute atomic E-state index is 0.161. The molecule has 0 radical (unpaired) electrons. The second-order valence-corrected chi connectivity index (χ2v) is 5.51. The number of nitrogens with zero attached hydrogens (tertiary/aromatic N) is 1. The maximum Gasteiger partial charge on any atom is 0.0718 e. The quantitative estimate of drug-likeness (QED) is 0.699. The monoisotopic (exact) mass is 225 g/mol. The molecule has 1 saturated carbocycles. The van der Waals surface area contributed by atoms with E-state index < -0.39 is 0 Å². The SMILES string of the molecule is N#C[C@@H]1CCc2ccc(C3CCCCC3)cc21. The molecular formula is C16H19N. The number of hydrogen-bond donors (Lipinski definition) is 0. The molecule has 1 aromatic rings. The van der Waals surface area contributed by atoms with Gasteiger partial charge in [-0.05, 0) is 48.3 Å². The lowest BCUT2D eigenvalue weighted by Crippen LogP contribution is -2.05. The molecule has 2 aliphatic carbocycles. The van der Waals surface area contributed by atoms with Crippen LogP contribution in [0.5, 0.6) is 0 Å². The minimum atomic E-state index is 0.161. The summed E-state index contributed by atoms with van der Waals surface area (Å²) in [6, 6.07) is 9.38. The van der Waals surface area contributed by atoms with Gasteiger partial charge in [0.2, 0.25) is 0 Å². The van der Waals surface area contributed by atoms with Gasteiger partial charge in [0.15, 0.2) is 0 Å². The number of rotatable bonds is 1. The molecule has 1 nitrogen and oxygen atoms in total. The van der Waals surface area contributed by atoms with E-state index >= 15 is 0 Å². The fraction of sp³-hybridized carbons (Fsp3) is 0.562. The van der Waals surface area contributed by atoms with E-state index in [1.165, 1.54) is 48.8 Å². The van der Waals surface area contributed by atoms with E-state index in [4.69, 9.17) is 5.26 Å². The smallest absolute Gasteiger partial charge is 0.0718 e. The fourth-order valence-electron chi connectivity index (χ4n) is 3.44. The Labute approximate surface area is 103 Å². The molecule has 0 bridgehead atoms. The Morgan fingerprint density at radius 2 is 1.88 bits per heavy atom. The van der Waals surface area contributed by atoms with Crippen molar-refractivity contribution < 1.29 is 0 Å². The van der Waals surface area contributed by atoms with Gasteiger partial charge in [0.05, 0.1) is 12.0 Å². The van der Waals surface area contributed by atoms with Crippen LogP contribution < -0.4 is 0 Å². The van der Waals surface area contributed by atoms with Crippen molar-refractivity contribution in [1.29, 1.82) is 5.26 Å². The first-order valence-corrected chi connectivity index (χ1v) is 6.91. The van der Waals surface area contributed by atoms with E-state index in [9.17, 15) is 0 Å². The van der Waals surface area contributed by atoms with Gasteiger partial charge < -0.3 is 0 Å². The number of benzene rings is 1. The topological polar surface area (TPSA) is 23.8 Å². The summed E-state index contributed by atoms with van der Waals surface area (Å²) in [6.07, 6.45) is 8.97. The number of fused-ring (bicyclic) bond motifs is 1. The fourth-order valence-corrected chi connectivity index (χ4v) is 3.44. The molecule has 3 rings (SSSR count). The molecule has 0 unspecified atom stereocenters. The van der Waals surface area contributed by atoms with E-state index in [0.29, 0.717) is 0 Å². The largest absolute Gasteiger partial charge is 0.198 e. The summed E-state index contributed by atoms with van der Waals surface area (Å²) < 4.78 is 0. The lowest BCUT2D eigenvalue weighted by molar-refractivity contribution is 0.443. The molecule has 0 heterocycles. The number of nitriles is 1. The lowest BCUT2D eigenvalue weighted by atomic mass is 9.83. The van der Waals surface area contributed by atoms with Gasteiger partial charge in [-0.25, -0.2) is 0 Å². The van der Waals surface area contributed by atoms with Gasteiger partial charge in [0.1, 0.15) is 0 Å². The molecule has 1 aromatic carbocycles. The van der Waals surface area contributed by atoms with Crippen LogP contribution in [-0.2, 0) is 6.42 Å². The van der Waals surface area contributed by atoms with Gasteiger partial charge >= 0.3 is 0 Å². The molecule has 0 spiro atoms. The molecule has 1 heteroatoms. The number of hydrogen-bond acceptors (Lipinski definition) is 1. The molecule has 0 N–H and O–H groups in total. The first kappa shape index (κ1) is 10.8. The van der Waals surface area contributed by atoms with Crippen LogP contribution >= 0.6 is 0 Å². The molecule has 1 atom stereocenters. The van der Waals surface area contributed by atoms with E-state index in [2.05, 4.69) is 24.3 Å². The Bertz CT molecular complexity index is 449. The molecule has 1 fully saturated rings. The Morgan fingerprint density at radius 1 is 1.06 bits per heavy atom. The van der Waals surface area contributed by atoms with Gasteiger partial charge in [-0.3, -0.25) is 0 Å². The lowest BCUT2D eigenvalue weighted by Gasteiger charge is -2.22. The molecule has 17 heavy (non-hydrogen) atoms. The van der Waals surface area contributed by atoms with Crippen molar-refractivity contribution in [2.24, 2.45) is 0 Å². The zero-order chi connectivity index (χ0) is 11.7. The summed E-state index contributed by atoms with van der Waals surface area (Å²) in [5.74, 6) is 0.919. The third kappa shape index (κ3) is 1.97. The summed E-state index contributed by atoms with van der Waals surface area (Å²) in [5, 5.41) is 9.16. The number of aryl methyl sites for hydroxylation is 1. The second kappa shape index (κ2) is 4.53. The molecule has 0 aromatic heterocycles. The van der Waals surface area contributed by atoms with Crippen LogP contribution in [-0.4, -0.2) is 0 Å². The van der Waals surface area contributed by atoms with Crippen molar-refractivity contribution >= 4 is 0 Å². The Balaban J connectivity index is 1.90. The Hall–Kier alpha value is -1.29. The first-order valence-electron chi connectivity index (χ1n) is 6.91. The molecule has 88 valence electrons. The maximum atomic E-state index is 9.16. The normalized spacial score (nSPS) is 24.3.